The fourth-order valence-corrected chi connectivity index (χ4v) is 1.92. The number of rotatable bonds is 1. The number of esters is 2. The standard InChI is InChI=1S/C14H8O4/c15-10-4-1-8(2-5-10)9-3-6-11-12(7-9)14(17)18-13(11)16/h1-7,15H. The summed E-state index contributed by atoms with van der Waals surface area (Å²) in [5, 5.41) is 9.22. The lowest BCUT2D eigenvalue weighted by Crippen LogP contribution is -1.96. The van der Waals surface area contributed by atoms with E-state index in [0.717, 1.165) is 11.1 Å². The third kappa shape index (κ3) is 1.55. The smallest absolute Gasteiger partial charge is 0.346 e. The predicted octanol–water partition coefficient (Wildman–Crippen LogP) is 2.37. The van der Waals surface area contributed by atoms with Crippen LogP contribution in [-0.2, 0) is 4.74 Å². The van der Waals surface area contributed by atoms with Crippen LogP contribution in [-0.4, -0.2) is 17.0 Å². The predicted molar refractivity (Wildman–Crippen MR) is 63.3 cm³/mol. The van der Waals surface area contributed by atoms with Crippen molar-refractivity contribution in [2.24, 2.45) is 0 Å². The molecule has 3 rings (SSSR count). The van der Waals surface area contributed by atoms with E-state index in [0.29, 0.717) is 5.56 Å². The van der Waals surface area contributed by atoms with Gasteiger partial charge in [0.1, 0.15) is 5.75 Å². The molecule has 0 fully saturated rings. The molecule has 2 aromatic rings. The Balaban J connectivity index is 2.11. The first-order valence-corrected chi connectivity index (χ1v) is 5.35. The van der Waals surface area contributed by atoms with Gasteiger partial charge in [-0.25, -0.2) is 9.59 Å². The number of phenols is 1. The lowest BCUT2D eigenvalue weighted by atomic mass is 10.0. The van der Waals surface area contributed by atoms with Gasteiger partial charge in [-0.2, -0.15) is 0 Å². The van der Waals surface area contributed by atoms with Crippen LogP contribution in [0, 0.1) is 0 Å². The van der Waals surface area contributed by atoms with E-state index in [1.807, 2.05) is 0 Å². The van der Waals surface area contributed by atoms with Gasteiger partial charge in [-0.05, 0) is 35.4 Å². The monoisotopic (exact) mass is 240 g/mol. The Bertz CT molecular complexity index is 656. The summed E-state index contributed by atoms with van der Waals surface area (Å²) in [4.78, 5) is 22.7. The second kappa shape index (κ2) is 3.70. The molecule has 1 heterocycles. The highest BCUT2D eigenvalue weighted by Gasteiger charge is 2.29. The van der Waals surface area contributed by atoms with Crippen molar-refractivity contribution in [3.63, 3.8) is 0 Å². The molecule has 0 aromatic heterocycles. The average Bonchev–Trinajstić information content (AvgIpc) is 2.66. The zero-order chi connectivity index (χ0) is 12.7. The first-order chi connectivity index (χ1) is 8.65. The summed E-state index contributed by atoms with van der Waals surface area (Å²) >= 11 is 0. The molecule has 0 radical (unpaired) electrons. The van der Waals surface area contributed by atoms with Gasteiger partial charge in [0.15, 0.2) is 0 Å². The van der Waals surface area contributed by atoms with Gasteiger partial charge >= 0.3 is 11.9 Å². The largest absolute Gasteiger partial charge is 0.508 e. The highest BCUT2D eigenvalue weighted by atomic mass is 16.6. The molecule has 1 aliphatic heterocycles. The molecule has 88 valence electrons. The van der Waals surface area contributed by atoms with Crippen LogP contribution in [0.1, 0.15) is 20.7 Å². The van der Waals surface area contributed by atoms with E-state index in [2.05, 4.69) is 4.74 Å². The minimum atomic E-state index is -0.615. The first-order valence-electron chi connectivity index (χ1n) is 5.35. The fourth-order valence-electron chi connectivity index (χ4n) is 1.92. The zero-order valence-electron chi connectivity index (χ0n) is 9.21. The molecule has 0 bridgehead atoms. The van der Waals surface area contributed by atoms with Gasteiger partial charge in [-0.3, -0.25) is 0 Å². The van der Waals surface area contributed by atoms with Crippen LogP contribution >= 0.6 is 0 Å². The lowest BCUT2D eigenvalue weighted by Gasteiger charge is -2.02. The van der Waals surface area contributed by atoms with Gasteiger partial charge in [0, 0.05) is 0 Å². The van der Waals surface area contributed by atoms with E-state index >= 15 is 0 Å². The van der Waals surface area contributed by atoms with Crippen molar-refractivity contribution < 1.29 is 19.4 Å². The number of hydrogen-bond donors (Lipinski definition) is 1. The van der Waals surface area contributed by atoms with Gasteiger partial charge in [0.2, 0.25) is 0 Å². The van der Waals surface area contributed by atoms with Crippen LogP contribution in [0.25, 0.3) is 11.1 Å². The van der Waals surface area contributed by atoms with Crippen molar-refractivity contribution in [3.05, 3.63) is 53.6 Å². The van der Waals surface area contributed by atoms with Crippen molar-refractivity contribution in [1.82, 2.24) is 0 Å². The van der Waals surface area contributed by atoms with E-state index in [4.69, 9.17) is 0 Å². The van der Waals surface area contributed by atoms with E-state index in [9.17, 15) is 14.7 Å². The molecule has 4 nitrogen and oxygen atoms in total. The molecule has 0 saturated carbocycles. The topological polar surface area (TPSA) is 63.6 Å². The second-order valence-corrected chi connectivity index (χ2v) is 3.98. The van der Waals surface area contributed by atoms with Gasteiger partial charge < -0.3 is 9.84 Å². The summed E-state index contributed by atoms with van der Waals surface area (Å²) < 4.78 is 4.52. The number of cyclic esters (lactones) is 2. The van der Waals surface area contributed by atoms with Crippen LogP contribution in [0.5, 0.6) is 5.75 Å². The Morgan fingerprint density at radius 3 is 2.11 bits per heavy atom. The molecule has 0 spiro atoms. The van der Waals surface area contributed by atoms with E-state index < -0.39 is 11.9 Å². The third-order valence-electron chi connectivity index (χ3n) is 2.85. The molecule has 0 aliphatic carbocycles. The van der Waals surface area contributed by atoms with Crippen molar-refractivity contribution in [2.75, 3.05) is 0 Å². The van der Waals surface area contributed by atoms with Gasteiger partial charge in [0.05, 0.1) is 11.1 Å². The maximum absolute atomic E-state index is 11.4. The number of aromatic hydroxyl groups is 1. The van der Waals surface area contributed by atoms with Crippen LogP contribution in [0.3, 0.4) is 0 Å². The van der Waals surface area contributed by atoms with Crippen LogP contribution < -0.4 is 0 Å². The lowest BCUT2D eigenvalue weighted by molar-refractivity contribution is 0.0444. The summed E-state index contributed by atoms with van der Waals surface area (Å²) in [6, 6.07) is 11.5. The Morgan fingerprint density at radius 1 is 0.778 bits per heavy atom. The number of benzene rings is 2. The van der Waals surface area contributed by atoms with E-state index in [1.165, 1.54) is 0 Å². The molecule has 1 N–H and O–H groups in total. The molecule has 18 heavy (non-hydrogen) atoms. The minimum absolute atomic E-state index is 0.175. The quantitative estimate of drug-likeness (QED) is 0.614. The van der Waals surface area contributed by atoms with E-state index in [-0.39, 0.29) is 11.3 Å². The summed E-state index contributed by atoms with van der Waals surface area (Å²) in [6.07, 6.45) is 0. The normalized spacial score (nSPS) is 13.3. The van der Waals surface area contributed by atoms with Crippen molar-refractivity contribution in [1.29, 1.82) is 0 Å². The molecule has 0 saturated heterocycles. The number of ether oxygens (including phenoxy) is 1. The van der Waals surface area contributed by atoms with Gasteiger partial charge in [-0.15, -0.1) is 0 Å². The van der Waals surface area contributed by atoms with Crippen molar-refractivity contribution >= 4 is 11.9 Å². The Hall–Kier alpha value is -2.62. The van der Waals surface area contributed by atoms with Crippen LogP contribution in [0.4, 0.5) is 0 Å². The van der Waals surface area contributed by atoms with Crippen LogP contribution in [0.15, 0.2) is 42.5 Å². The van der Waals surface area contributed by atoms with Crippen molar-refractivity contribution in [2.45, 2.75) is 0 Å². The summed E-state index contributed by atoms with van der Waals surface area (Å²) in [7, 11) is 0. The van der Waals surface area contributed by atoms with Crippen molar-refractivity contribution in [3.8, 4) is 16.9 Å². The SMILES string of the molecule is O=C1OC(=O)c2cc(-c3ccc(O)cc3)ccc21. The molecule has 4 heteroatoms. The summed E-state index contributed by atoms with van der Waals surface area (Å²) in [5.74, 6) is -1.04. The second-order valence-electron chi connectivity index (χ2n) is 3.98. The number of carbonyl (C=O) groups excluding carboxylic acids is 2. The number of phenolic OH excluding ortho intramolecular Hbond substituents is 1. The molecular weight excluding hydrogens is 232 g/mol. The molecular formula is C14H8O4. The summed E-state index contributed by atoms with van der Waals surface area (Å²) in [5.41, 5.74) is 2.22. The fraction of sp³-hybridized carbons (Fsp3) is 0. The Kier molecular flexibility index (Phi) is 2.16. The average molecular weight is 240 g/mol. The number of fused-ring (bicyclic) bond motifs is 1. The number of hydrogen-bond acceptors (Lipinski definition) is 4. The molecule has 2 aromatic carbocycles. The maximum atomic E-state index is 11.4. The molecule has 0 amide bonds. The highest BCUT2D eigenvalue weighted by molar-refractivity contribution is 6.15. The van der Waals surface area contributed by atoms with Gasteiger partial charge in [-0.1, -0.05) is 18.2 Å². The Labute approximate surface area is 102 Å². The van der Waals surface area contributed by atoms with Gasteiger partial charge in [0.25, 0.3) is 0 Å². The highest BCUT2D eigenvalue weighted by Crippen LogP contribution is 2.27. The Morgan fingerprint density at radius 2 is 1.39 bits per heavy atom. The van der Waals surface area contributed by atoms with E-state index in [1.54, 1.807) is 42.5 Å². The third-order valence-corrected chi connectivity index (χ3v) is 2.85. The summed E-state index contributed by atoms with van der Waals surface area (Å²) in [6.45, 7) is 0. The minimum Gasteiger partial charge on any atom is -0.508 e. The van der Waals surface area contributed by atoms with Crippen LogP contribution in [0.2, 0.25) is 0 Å². The first kappa shape index (κ1) is 10.5. The number of carbonyl (C=O) groups is 2. The maximum Gasteiger partial charge on any atom is 0.346 e. The molecule has 0 atom stereocenters. The zero-order valence-corrected chi connectivity index (χ0v) is 9.21. The molecule has 1 aliphatic rings. The molecule has 0 unspecified atom stereocenters.